The summed E-state index contributed by atoms with van der Waals surface area (Å²) in [6, 6.07) is 5.66. The Morgan fingerprint density at radius 1 is 1.28 bits per heavy atom. The highest BCUT2D eigenvalue weighted by Crippen LogP contribution is 2.63. The number of carbonyl (C=O) groups is 1. The molecule has 7 heteroatoms. The molecule has 0 unspecified atom stereocenters. The molecule has 3 N–H and O–H groups in total. The Balaban J connectivity index is 1.54. The Kier molecular flexibility index (Phi) is 3.79. The van der Waals surface area contributed by atoms with Crippen LogP contribution in [0.25, 0.3) is 0 Å². The number of nitrogens with two attached hydrogens (primary N) is 1. The quantitative estimate of drug-likeness (QED) is 0.872. The summed E-state index contributed by atoms with van der Waals surface area (Å²) in [5.41, 5.74) is 5.45. The number of nitrogens with zero attached hydrogens (tertiary/aromatic N) is 1. The van der Waals surface area contributed by atoms with Crippen LogP contribution in [0.4, 0.5) is 14.9 Å². The molecular formula is C18H24FN3O3. The average Bonchev–Trinajstić information content (AvgIpc) is 2.98. The fourth-order valence-corrected chi connectivity index (χ4v) is 4.70. The summed E-state index contributed by atoms with van der Waals surface area (Å²) in [7, 11) is 1.68. The van der Waals surface area contributed by atoms with Gasteiger partial charge in [0.25, 0.3) is 0 Å². The van der Waals surface area contributed by atoms with Gasteiger partial charge in [-0.1, -0.05) is 0 Å². The predicted octanol–water partition coefficient (Wildman–Crippen LogP) is 1.78. The van der Waals surface area contributed by atoms with Crippen LogP contribution in [-0.4, -0.2) is 49.6 Å². The molecule has 2 amide bonds. The van der Waals surface area contributed by atoms with Crippen molar-refractivity contribution in [2.75, 3.05) is 31.7 Å². The monoisotopic (exact) mass is 349 g/mol. The van der Waals surface area contributed by atoms with E-state index in [4.69, 9.17) is 15.2 Å². The summed E-state index contributed by atoms with van der Waals surface area (Å²) in [4.78, 5) is 14.3. The lowest BCUT2D eigenvalue weighted by atomic mass is 9.60. The van der Waals surface area contributed by atoms with Crippen molar-refractivity contribution in [2.24, 2.45) is 5.73 Å². The molecule has 1 spiro atoms. The maximum Gasteiger partial charge on any atom is 0.322 e. The molecule has 1 aromatic rings. The summed E-state index contributed by atoms with van der Waals surface area (Å²) < 4.78 is 25.0. The van der Waals surface area contributed by atoms with Crippen molar-refractivity contribution in [3.63, 3.8) is 0 Å². The van der Waals surface area contributed by atoms with Gasteiger partial charge in [0.2, 0.25) is 0 Å². The zero-order valence-electron chi connectivity index (χ0n) is 14.4. The second-order valence-electron chi connectivity index (χ2n) is 7.50. The number of carbonyl (C=O) groups excluding carboxylic acids is 1. The molecule has 0 aromatic heterocycles. The van der Waals surface area contributed by atoms with Gasteiger partial charge in [0.15, 0.2) is 0 Å². The molecule has 2 bridgehead atoms. The lowest BCUT2D eigenvalue weighted by Gasteiger charge is -2.49. The summed E-state index contributed by atoms with van der Waals surface area (Å²) in [6.45, 7) is 1.72. The van der Waals surface area contributed by atoms with Crippen LogP contribution in [-0.2, 0) is 9.47 Å². The van der Waals surface area contributed by atoms with Crippen LogP contribution in [0.5, 0.6) is 0 Å². The lowest BCUT2D eigenvalue weighted by Crippen LogP contribution is -2.69. The molecule has 3 aliphatic heterocycles. The van der Waals surface area contributed by atoms with Gasteiger partial charge in [0, 0.05) is 58.2 Å². The van der Waals surface area contributed by atoms with E-state index in [1.807, 2.05) is 0 Å². The molecule has 4 aliphatic rings. The topological polar surface area (TPSA) is 76.8 Å². The van der Waals surface area contributed by atoms with E-state index in [2.05, 4.69) is 5.32 Å². The van der Waals surface area contributed by atoms with Crippen molar-refractivity contribution < 1.29 is 18.7 Å². The molecule has 6 nitrogen and oxygen atoms in total. The lowest BCUT2D eigenvalue weighted by molar-refractivity contribution is -0.114. The van der Waals surface area contributed by atoms with E-state index < -0.39 is 11.1 Å². The predicted molar refractivity (Wildman–Crippen MR) is 91.0 cm³/mol. The number of hydrogen-bond acceptors (Lipinski definition) is 4. The van der Waals surface area contributed by atoms with Crippen molar-refractivity contribution in [1.82, 2.24) is 5.32 Å². The van der Waals surface area contributed by atoms with Crippen LogP contribution in [0.2, 0.25) is 0 Å². The number of hydrogen-bond donors (Lipinski definition) is 2. The van der Waals surface area contributed by atoms with Crippen LogP contribution in [0, 0.1) is 5.82 Å². The van der Waals surface area contributed by atoms with Gasteiger partial charge in [-0.25, -0.2) is 9.18 Å². The first-order valence-corrected chi connectivity index (χ1v) is 8.73. The van der Waals surface area contributed by atoms with Gasteiger partial charge < -0.3 is 20.5 Å². The summed E-state index contributed by atoms with van der Waals surface area (Å²) in [5, 5.41) is 3.21. The second kappa shape index (κ2) is 5.65. The van der Waals surface area contributed by atoms with Crippen molar-refractivity contribution in [1.29, 1.82) is 0 Å². The Hall–Kier alpha value is -1.70. The fourth-order valence-electron chi connectivity index (χ4n) is 4.70. The highest BCUT2D eigenvalue weighted by molar-refractivity contribution is 5.92. The molecule has 3 saturated heterocycles. The molecule has 5 rings (SSSR count). The second-order valence-corrected chi connectivity index (χ2v) is 7.50. The number of amides is 2. The zero-order chi connectivity index (χ0) is 17.7. The number of anilines is 1. The number of ether oxygens (including phenoxy) is 2. The van der Waals surface area contributed by atoms with E-state index >= 15 is 0 Å². The molecule has 0 atom stereocenters. The number of halogens is 1. The standard InChI is InChI=1S/C18H24FN3O3/c1-22(14-4-2-13(19)3-5-14)15(23)21-17-10-16(11-17,12-20)25-18(17)6-8-24-9-7-18/h2-5H,6-12,20H2,1H3,(H,21,23). The van der Waals surface area contributed by atoms with Crippen molar-refractivity contribution in [3.05, 3.63) is 30.1 Å². The Labute approximate surface area is 146 Å². The van der Waals surface area contributed by atoms with Crippen LogP contribution < -0.4 is 16.0 Å². The minimum Gasteiger partial charge on any atom is -0.381 e. The SMILES string of the molecule is CN(C(=O)NC12CC(CN)(C1)OC21CCOCC1)c1ccc(F)cc1. The van der Waals surface area contributed by atoms with Crippen molar-refractivity contribution in [2.45, 2.75) is 42.4 Å². The smallest absolute Gasteiger partial charge is 0.322 e. The van der Waals surface area contributed by atoms with Crippen LogP contribution in [0.1, 0.15) is 25.7 Å². The molecule has 136 valence electrons. The first kappa shape index (κ1) is 16.8. The van der Waals surface area contributed by atoms with Crippen molar-refractivity contribution in [3.8, 4) is 0 Å². The number of nitrogens with one attached hydrogen (secondary N) is 1. The average molecular weight is 349 g/mol. The molecular weight excluding hydrogens is 325 g/mol. The Bertz CT molecular complexity index is 667. The first-order chi connectivity index (χ1) is 11.9. The fraction of sp³-hybridized carbons (Fsp3) is 0.611. The Morgan fingerprint density at radius 2 is 1.92 bits per heavy atom. The van der Waals surface area contributed by atoms with E-state index in [-0.39, 0.29) is 17.4 Å². The third-order valence-corrected chi connectivity index (χ3v) is 6.07. The van der Waals surface area contributed by atoms with Gasteiger partial charge >= 0.3 is 6.03 Å². The molecule has 1 aliphatic carbocycles. The van der Waals surface area contributed by atoms with Gasteiger partial charge in [0.1, 0.15) is 5.82 Å². The third kappa shape index (κ3) is 2.45. The number of rotatable bonds is 3. The van der Waals surface area contributed by atoms with Gasteiger partial charge in [0.05, 0.1) is 16.7 Å². The normalized spacial score (nSPS) is 32.3. The summed E-state index contributed by atoms with van der Waals surface area (Å²) in [5.74, 6) is -0.326. The highest BCUT2D eigenvalue weighted by atomic mass is 19.1. The van der Waals surface area contributed by atoms with Crippen LogP contribution in [0.3, 0.4) is 0 Å². The molecule has 25 heavy (non-hydrogen) atoms. The highest BCUT2D eigenvalue weighted by Gasteiger charge is 2.75. The summed E-state index contributed by atoms with van der Waals surface area (Å²) >= 11 is 0. The van der Waals surface area contributed by atoms with Gasteiger partial charge in [-0.3, -0.25) is 4.90 Å². The Morgan fingerprint density at radius 3 is 2.52 bits per heavy atom. The van der Waals surface area contributed by atoms with E-state index in [0.717, 1.165) is 25.7 Å². The number of benzene rings is 1. The van der Waals surface area contributed by atoms with E-state index in [1.165, 1.54) is 17.0 Å². The van der Waals surface area contributed by atoms with Gasteiger partial charge in [-0.05, 0) is 24.3 Å². The molecule has 4 fully saturated rings. The van der Waals surface area contributed by atoms with E-state index in [0.29, 0.717) is 25.4 Å². The molecule has 1 saturated carbocycles. The van der Waals surface area contributed by atoms with E-state index in [9.17, 15) is 9.18 Å². The zero-order valence-corrected chi connectivity index (χ0v) is 14.4. The van der Waals surface area contributed by atoms with Crippen LogP contribution in [0.15, 0.2) is 24.3 Å². The van der Waals surface area contributed by atoms with Gasteiger partial charge in [-0.15, -0.1) is 0 Å². The van der Waals surface area contributed by atoms with Crippen LogP contribution >= 0.6 is 0 Å². The molecule has 1 aromatic carbocycles. The largest absolute Gasteiger partial charge is 0.381 e. The van der Waals surface area contributed by atoms with E-state index in [1.54, 1.807) is 19.2 Å². The minimum atomic E-state index is -0.401. The maximum absolute atomic E-state index is 13.1. The number of urea groups is 1. The van der Waals surface area contributed by atoms with Crippen molar-refractivity contribution >= 4 is 11.7 Å². The first-order valence-electron chi connectivity index (χ1n) is 8.73. The minimum absolute atomic E-state index is 0.214. The maximum atomic E-state index is 13.1. The van der Waals surface area contributed by atoms with Gasteiger partial charge in [-0.2, -0.15) is 0 Å². The molecule has 0 radical (unpaired) electrons. The molecule has 3 heterocycles. The third-order valence-electron chi connectivity index (χ3n) is 6.07. The summed E-state index contributed by atoms with van der Waals surface area (Å²) in [6.07, 6.45) is 2.99.